The molecule has 0 radical (unpaired) electrons. The van der Waals surface area contributed by atoms with Crippen molar-refractivity contribution < 1.29 is 13.5 Å². The van der Waals surface area contributed by atoms with E-state index in [2.05, 4.69) is 4.72 Å². The van der Waals surface area contributed by atoms with E-state index < -0.39 is 10.0 Å². The molecule has 0 atom stereocenters. The van der Waals surface area contributed by atoms with Crippen LogP contribution in [0.15, 0.2) is 47.4 Å². The highest BCUT2D eigenvalue weighted by Crippen LogP contribution is 2.24. The van der Waals surface area contributed by atoms with Crippen molar-refractivity contribution in [2.45, 2.75) is 37.0 Å². The van der Waals surface area contributed by atoms with Crippen molar-refractivity contribution in [2.24, 2.45) is 0 Å². The summed E-state index contributed by atoms with van der Waals surface area (Å²) in [4.78, 5) is 0.329. The van der Waals surface area contributed by atoms with Gasteiger partial charge >= 0.3 is 0 Å². The van der Waals surface area contributed by atoms with Gasteiger partial charge < -0.3 is 5.11 Å². The molecule has 1 aliphatic rings. The Morgan fingerprint density at radius 1 is 1.00 bits per heavy atom. The molecule has 1 aliphatic carbocycles. The third-order valence-electron chi connectivity index (χ3n) is 4.31. The minimum atomic E-state index is -3.51. The van der Waals surface area contributed by atoms with Crippen LogP contribution in [0.5, 0.6) is 5.75 Å². The van der Waals surface area contributed by atoms with E-state index in [4.69, 9.17) is 0 Å². The van der Waals surface area contributed by atoms with Gasteiger partial charge in [0.15, 0.2) is 0 Å². The monoisotopic (exact) mass is 331 g/mol. The van der Waals surface area contributed by atoms with E-state index in [-0.39, 0.29) is 12.3 Å². The minimum absolute atomic E-state index is 0.195. The zero-order valence-corrected chi connectivity index (χ0v) is 13.8. The van der Waals surface area contributed by atoms with Gasteiger partial charge in [0, 0.05) is 6.54 Å². The van der Waals surface area contributed by atoms with Gasteiger partial charge in [-0.25, -0.2) is 13.1 Å². The van der Waals surface area contributed by atoms with Gasteiger partial charge in [0.2, 0.25) is 10.0 Å². The van der Waals surface area contributed by atoms with Crippen LogP contribution in [0.1, 0.15) is 29.5 Å². The number of hydrogen-bond acceptors (Lipinski definition) is 3. The summed E-state index contributed by atoms with van der Waals surface area (Å²) < 4.78 is 27.5. The lowest BCUT2D eigenvalue weighted by atomic mass is 9.92. The number of rotatable bonds is 5. The zero-order chi connectivity index (χ0) is 16.3. The summed E-state index contributed by atoms with van der Waals surface area (Å²) in [5.74, 6) is 0.195. The van der Waals surface area contributed by atoms with Crippen molar-refractivity contribution in [1.82, 2.24) is 4.72 Å². The number of benzene rings is 2. The summed E-state index contributed by atoms with van der Waals surface area (Å²) in [5, 5.41) is 9.71. The second-order valence-electron chi connectivity index (χ2n) is 5.91. The first kappa shape index (κ1) is 16.0. The predicted molar refractivity (Wildman–Crippen MR) is 90.1 cm³/mol. The Morgan fingerprint density at radius 2 is 1.74 bits per heavy atom. The van der Waals surface area contributed by atoms with Crippen LogP contribution in [0.25, 0.3) is 0 Å². The quantitative estimate of drug-likeness (QED) is 0.885. The molecule has 122 valence electrons. The standard InChI is InChI=1S/C18H21NO3S/c20-18-8-4-3-6-15(18)11-12-19-23(21,22)17-10-9-14-5-1-2-7-16(14)13-17/h3-4,6,8-10,13,19-20H,1-2,5,7,11-12H2. The number of aryl methyl sites for hydroxylation is 2. The normalized spacial score (nSPS) is 14.4. The van der Waals surface area contributed by atoms with Gasteiger partial charge in [-0.1, -0.05) is 24.3 Å². The van der Waals surface area contributed by atoms with Crippen LogP contribution in [0.2, 0.25) is 0 Å². The number of aromatic hydroxyl groups is 1. The Bertz CT molecular complexity index is 800. The minimum Gasteiger partial charge on any atom is -0.508 e. The van der Waals surface area contributed by atoms with Crippen molar-refractivity contribution in [3.63, 3.8) is 0 Å². The lowest BCUT2D eigenvalue weighted by molar-refractivity contribution is 0.467. The average molecular weight is 331 g/mol. The zero-order valence-electron chi connectivity index (χ0n) is 13.0. The first-order valence-electron chi connectivity index (χ1n) is 7.94. The van der Waals surface area contributed by atoms with Gasteiger partial charge in [-0.15, -0.1) is 0 Å². The van der Waals surface area contributed by atoms with E-state index in [0.717, 1.165) is 30.4 Å². The molecule has 3 rings (SSSR count). The van der Waals surface area contributed by atoms with E-state index in [9.17, 15) is 13.5 Å². The van der Waals surface area contributed by atoms with Crippen LogP contribution >= 0.6 is 0 Å². The first-order chi connectivity index (χ1) is 11.1. The number of phenols is 1. The lowest BCUT2D eigenvalue weighted by Gasteiger charge is -2.16. The molecule has 23 heavy (non-hydrogen) atoms. The molecule has 5 heteroatoms. The maximum atomic E-state index is 12.4. The number of sulfonamides is 1. The van der Waals surface area contributed by atoms with E-state index in [1.807, 2.05) is 12.1 Å². The van der Waals surface area contributed by atoms with Gasteiger partial charge in [-0.3, -0.25) is 0 Å². The van der Waals surface area contributed by atoms with Crippen molar-refractivity contribution in [3.05, 3.63) is 59.2 Å². The van der Waals surface area contributed by atoms with Crippen LogP contribution in [0, 0.1) is 0 Å². The van der Waals surface area contributed by atoms with E-state index in [1.54, 1.807) is 30.3 Å². The Morgan fingerprint density at radius 3 is 2.52 bits per heavy atom. The molecule has 0 saturated carbocycles. The smallest absolute Gasteiger partial charge is 0.240 e. The lowest BCUT2D eigenvalue weighted by Crippen LogP contribution is -2.26. The number of fused-ring (bicyclic) bond motifs is 1. The van der Waals surface area contributed by atoms with Crippen molar-refractivity contribution in [3.8, 4) is 5.75 Å². The SMILES string of the molecule is O=S(=O)(NCCc1ccccc1O)c1ccc2c(c1)CCCC2. The summed E-state index contributed by atoms with van der Waals surface area (Å²) in [6.07, 6.45) is 4.75. The molecule has 0 aromatic heterocycles. The molecule has 0 fully saturated rings. The average Bonchev–Trinajstić information content (AvgIpc) is 2.56. The maximum Gasteiger partial charge on any atom is 0.240 e. The van der Waals surface area contributed by atoms with Crippen molar-refractivity contribution >= 4 is 10.0 Å². The molecule has 2 aromatic carbocycles. The summed E-state index contributed by atoms with van der Waals surface area (Å²) >= 11 is 0. The number of nitrogens with one attached hydrogen (secondary N) is 1. The Kier molecular flexibility index (Phi) is 4.68. The highest BCUT2D eigenvalue weighted by atomic mass is 32.2. The topological polar surface area (TPSA) is 66.4 Å². The Labute approximate surface area is 137 Å². The van der Waals surface area contributed by atoms with Crippen molar-refractivity contribution in [1.29, 1.82) is 0 Å². The van der Waals surface area contributed by atoms with Crippen LogP contribution in [0.4, 0.5) is 0 Å². The van der Waals surface area contributed by atoms with Crippen LogP contribution in [-0.4, -0.2) is 20.1 Å². The highest BCUT2D eigenvalue weighted by molar-refractivity contribution is 7.89. The summed E-state index contributed by atoms with van der Waals surface area (Å²) in [5.41, 5.74) is 3.16. The van der Waals surface area contributed by atoms with Crippen LogP contribution in [-0.2, 0) is 29.3 Å². The fraction of sp³-hybridized carbons (Fsp3) is 0.333. The van der Waals surface area contributed by atoms with Gasteiger partial charge in [-0.05, 0) is 67.0 Å². The molecule has 0 amide bonds. The molecule has 0 heterocycles. The molecule has 2 aromatic rings. The molecule has 0 unspecified atom stereocenters. The van der Waals surface area contributed by atoms with Gasteiger partial charge in [-0.2, -0.15) is 0 Å². The number of para-hydroxylation sites is 1. The second-order valence-corrected chi connectivity index (χ2v) is 7.68. The molecule has 0 spiro atoms. The molecule has 0 saturated heterocycles. The predicted octanol–water partition coefficient (Wildman–Crippen LogP) is 2.79. The summed E-state index contributed by atoms with van der Waals surface area (Å²) in [7, 11) is -3.51. The maximum absolute atomic E-state index is 12.4. The summed E-state index contributed by atoms with van der Waals surface area (Å²) in [6, 6.07) is 12.4. The number of phenolic OH excluding ortho intramolecular Hbond substituents is 1. The molecule has 2 N–H and O–H groups in total. The van der Waals surface area contributed by atoms with Gasteiger partial charge in [0.05, 0.1) is 4.90 Å². The highest BCUT2D eigenvalue weighted by Gasteiger charge is 2.17. The Hall–Kier alpha value is -1.85. The number of hydrogen-bond donors (Lipinski definition) is 2. The van der Waals surface area contributed by atoms with E-state index in [0.29, 0.717) is 11.3 Å². The molecular weight excluding hydrogens is 310 g/mol. The van der Waals surface area contributed by atoms with E-state index in [1.165, 1.54) is 12.0 Å². The molecular formula is C18H21NO3S. The largest absolute Gasteiger partial charge is 0.508 e. The first-order valence-corrected chi connectivity index (χ1v) is 9.43. The fourth-order valence-electron chi connectivity index (χ4n) is 3.00. The molecule has 0 bridgehead atoms. The van der Waals surface area contributed by atoms with Crippen LogP contribution < -0.4 is 4.72 Å². The van der Waals surface area contributed by atoms with E-state index >= 15 is 0 Å². The Balaban J connectivity index is 1.68. The third-order valence-corrected chi connectivity index (χ3v) is 5.77. The van der Waals surface area contributed by atoms with Gasteiger partial charge in [0.1, 0.15) is 5.75 Å². The third kappa shape index (κ3) is 3.74. The van der Waals surface area contributed by atoms with Crippen LogP contribution in [0.3, 0.4) is 0 Å². The summed E-state index contributed by atoms with van der Waals surface area (Å²) in [6.45, 7) is 0.261. The van der Waals surface area contributed by atoms with Crippen molar-refractivity contribution in [2.75, 3.05) is 6.54 Å². The van der Waals surface area contributed by atoms with Gasteiger partial charge in [0.25, 0.3) is 0 Å². The molecule has 4 nitrogen and oxygen atoms in total. The molecule has 0 aliphatic heterocycles. The fourth-order valence-corrected chi connectivity index (χ4v) is 4.08. The second kappa shape index (κ2) is 6.72.